The van der Waals surface area contributed by atoms with Crippen molar-refractivity contribution in [2.45, 2.75) is 6.92 Å². The molecule has 0 aliphatic heterocycles. The number of hydrogen-bond acceptors (Lipinski definition) is 4. The van der Waals surface area contributed by atoms with Crippen molar-refractivity contribution in [3.8, 4) is 11.6 Å². The molecule has 0 aliphatic carbocycles. The number of para-hydroxylation sites is 1. The van der Waals surface area contributed by atoms with Crippen LogP contribution in [-0.4, -0.2) is 16.2 Å². The lowest BCUT2D eigenvalue weighted by molar-refractivity contribution is 0.262. The first-order valence-corrected chi connectivity index (χ1v) is 7.89. The predicted octanol–water partition coefficient (Wildman–Crippen LogP) is 4.87. The lowest BCUT2D eigenvalue weighted by atomic mass is 10.3. The van der Waals surface area contributed by atoms with Gasteiger partial charge in [0.25, 0.3) is 0 Å². The van der Waals surface area contributed by atoms with Crippen molar-refractivity contribution in [1.29, 1.82) is 0 Å². The fourth-order valence-corrected chi connectivity index (χ4v) is 2.20. The molecule has 6 nitrogen and oxygen atoms in total. The van der Waals surface area contributed by atoms with Gasteiger partial charge in [-0.15, -0.1) is 5.10 Å². The molecule has 2 N–H and O–H groups in total. The van der Waals surface area contributed by atoms with Crippen LogP contribution in [0, 0.1) is 6.92 Å². The minimum absolute atomic E-state index is 0.383. The standard InChI is InChI=1S/C18H15ClN4O2/c1-12-6-11-17(23-22-12)25-14-9-7-13(8-10-14)20-18(24)21-16-5-3-2-4-15(16)19/h2-11H,1H3,(H2,20,21,24). The van der Waals surface area contributed by atoms with E-state index >= 15 is 0 Å². The molecule has 1 heterocycles. The number of hydrogen-bond donors (Lipinski definition) is 2. The Bertz CT molecular complexity index is 867. The second kappa shape index (κ2) is 7.63. The lowest BCUT2D eigenvalue weighted by Gasteiger charge is -2.09. The number of aromatic nitrogens is 2. The predicted molar refractivity (Wildman–Crippen MR) is 97.4 cm³/mol. The zero-order valence-corrected chi connectivity index (χ0v) is 14.1. The number of nitrogens with zero attached hydrogens (tertiary/aromatic N) is 2. The number of aryl methyl sites for hydroxylation is 1. The molecule has 126 valence electrons. The van der Waals surface area contributed by atoms with Crippen LogP contribution in [0.5, 0.6) is 11.6 Å². The normalized spacial score (nSPS) is 10.2. The summed E-state index contributed by atoms with van der Waals surface area (Å²) in [6.45, 7) is 1.85. The average Bonchev–Trinajstić information content (AvgIpc) is 2.61. The van der Waals surface area contributed by atoms with Crippen LogP contribution in [0.25, 0.3) is 0 Å². The summed E-state index contributed by atoms with van der Waals surface area (Å²) < 4.78 is 5.59. The van der Waals surface area contributed by atoms with E-state index in [0.717, 1.165) is 5.69 Å². The SMILES string of the molecule is Cc1ccc(Oc2ccc(NC(=O)Nc3ccccc3Cl)cc2)nn1. The molecule has 2 aromatic carbocycles. The second-order valence-electron chi connectivity index (χ2n) is 5.20. The number of rotatable bonds is 4. The summed E-state index contributed by atoms with van der Waals surface area (Å²) in [4.78, 5) is 12.0. The van der Waals surface area contributed by atoms with Gasteiger partial charge in [-0.2, -0.15) is 5.10 Å². The molecule has 1 aromatic heterocycles. The van der Waals surface area contributed by atoms with E-state index in [4.69, 9.17) is 16.3 Å². The highest BCUT2D eigenvalue weighted by atomic mass is 35.5. The Morgan fingerprint density at radius 1 is 0.960 bits per heavy atom. The molecular weight excluding hydrogens is 340 g/mol. The quantitative estimate of drug-likeness (QED) is 0.700. The number of anilines is 2. The van der Waals surface area contributed by atoms with Crippen molar-refractivity contribution in [2.75, 3.05) is 10.6 Å². The monoisotopic (exact) mass is 354 g/mol. The molecule has 0 radical (unpaired) electrons. The lowest BCUT2D eigenvalue weighted by Crippen LogP contribution is -2.19. The molecule has 25 heavy (non-hydrogen) atoms. The molecule has 3 aromatic rings. The average molecular weight is 355 g/mol. The highest BCUT2D eigenvalue weighted by Crippen LogP contribution is 2.22. The van der Waals surface area contributed by atoms with Crippen LogP contribution in [-0.2, 0) is 0 Å². The first-order chi connectivity index (χ1) is 12.1. The van der Waals surface area contributed by atoms with Gasteiger partial charge in [0.05, 0.1) is 16.4 Å². The van der Waals surface area contributed by atoms with E-state index < -0.39 is 0 Å². The van der Waals surface area contributed by atoms with Crippen LogP contribution >= 0.6 is 11.6 Å². The molecule has 0 saturated heterocycles. The van der Waals surface area contributed by atoms with Crippen molar-refractivity contribution in [2.24, 2.45) is 0 Å². The zero-order valence-electron chi connectivity index (χ0n) is 13.4. The Labute approximate surface area is 149 Å². The third kappa shape index (κ3) is 4.68. The fraction of sp³-hybridized carbons (Fsp3) is 0.0556. The van der Waals surface area contributed by atoms with Crippen molar-refractivity contribution in [3.05, 3.63) is 71.4 Å². The van der Waals surface area contributed by atoms with Gasteiger partial charge in [0.1, 0.15) is 5.75 Å². The van der Waals surface area contributed by atoms with Crippen LogP contribution in [0.1, 0.15) is 5.69 Å². The highest BCUT2D eigenvalue weighted by molar-refractivity contribution is 6.33. The molecule has 2 amide bonds. The van der Waals surface area contributed by atoms with Crippen LogP contribution in [0.3, 0.4) is 0 Å². The Kier molecular flexibility index (Phi) is 5.11. The first kappa shape index (κ1) is 16.7. The topological polar surface area (TPSA) is 76.1 Å². The minimum atomic E-state index is -0.383. The maximum absolute atomic E-state index is 12.0. The summed E-state index contributed by atoms with van der Waals surface area (Å²) in [5.41, 5.74) is 1.97. The zero-order chi connectivity index (χ0) is 17.6. The third-order valence-corrected chi connectivity index (χ3v) is 3.56. The van der Waals surface area contributed by atoms with E-state index in [1.165, 1.54) is 0 Å². The third-order valence-electron chi connectivity index (χ3n) is 3.23. The maximum Gasteiger partial charge on any atom is 0.323 e. The van der Waals surface area contributed by atoms with Crippen molar-refractivity contribution in [3.63, 3.8) is 0 Å². The number of nitrogens with one attached hydrogen (secondary N) is 2. The summed E-state index contributed by atoms with van der Waals surface area (Å²) in [6, 6.07) is 17.1. The van der Waals surface area contributed by atoms with E-state index in [0.29, 0.717) is 28.0 Å². The van der Waals surface area contributed by atoms with Gasteiger partial charge < -0.3 is 15.4 Å². The van der Waals surface area contributed by atoms with Crippen LogP contribution in [0.2, 0.25) is 5.02 Å². The van der Waals surface area contributed by atoms with E-state index in [1.54, 1.807) is 54.6 Å². The van der Waals surface area contributed by atoms with E-state index in [9.17, 15) is 4.79 Å². The molecule has 0 atom stereocenters. The van der Waals surface area contributed by atoms with Crippen LogP contribution in [0.4, 0.5) is 16.2 Å². The molecular formula is C18H15ClN4O2. The highest BCUT2D eigenvalue weighted by Gasteiger charge is 2.06. The summed E-state index contributed by atoms with van der Waals surface area (Å²) in [5.74, 6) is 0.998. The van der Waals surface area contributed by atoms with Gasteiger partial charge in [-0.25, -0.2) is 4.79 Å². The molecule has 3 rings (SSSR count). The van der Waals surface area contributed by atoms with Gasteiger partial charge in [0, 0.05) is 11.8 Å². The molecule has 0 spiro atoms. The van der Waals surface area contributed by atoms with Crippen molar-refractivity contribution in [1.82, 2.24) is 10.2 Å². The molecule has 0 saturated carbocycles. The molecule has 0 fully saturated rings. The maximum atomic E-state index is 12.0. The Morgan fingerprint density at radius 2 is 1.72 bits per heavy atom. The van der Waals surface area contributed by atoms with E-state index in [2.05, 4.69) is 20.8 Å². The molecule has 0 bridgehead atoms. The summed E-state index contributed by atoms with van der Waals surface area (Å²) >= 11 is 6.01. The molecule has 0 unspecified atom stereocenters. The first-order valence-electron chi connectivity index (χ1n) is 7.51. The summed E-state index contributed by atoms with van der Waals surface area (Å²) in [7, 11) is 0. The van der Waals surface area contributed by atoms with Crippen LogP contribution < -0.4 is 15.4 Å². The van der Waals surface area contributed by atoms with Gasteiger partial charge in [-0.1, -0.05) is 23.7 Å². The molecule has 0 aliphatic rings. The van der Waals surface area contributed by atoms with Gasteiger partial charge >= 0.3 is 6.03 Å². The number of amides is 2. The Hall–Kier alpha value is -3.12. The number of ether oxygens (including phenoxy) is 1. The summed E-state index contributed by atoms with van der Waals surface area (Å²) in [6.07, 6.45) is 0. The van der Waals surface area contributed by atoms with Gasteiger partial charge in [-0.05, 0) is 49.4 Å². The van der Waals surface area contributed by atoms with Gasteiger partial charge in [-0.3, -0.25) is 0 Å². The number of urea groups is 1. The Balaban J connectivity index is 1.59. The van der Waals surface area contributed by atoms with Crippen LogP contribution in [0.15, 0.2) is 60.7 Å². The van der Waals surface area contributed by atoms with Crippen molar-refractivity contribution < 1.29 is 9.53 Å². The van der Waals surface area contributed by atoms with Gasteiger partial charge in [0.15, 0.2) is 0 Å². The smallest absolute Gasteiger partial charge is 0.323 e. The number of carbonyl (C=O) groups is 1. The molecule has 7 heteroatoms. The minimum Gasteiger partial charge on any atom is -0.438 e. The number of benzene rings is 2. The Morgan fingerprint density at radius 3 is 2.40 bits per heavy atom. The summed E-state index contributed by atoms with van der Waals surface area (Å²) in [5, 5.41) is 13.7. The largest absolute Gasteiger partial charge is 0.438 e. The fourth-order valence-electron chi connectivity index (χ4n) is 2.02. The number of halogens is 1. The second-order valence-corrected chi connectivity index (χ2v) is 5.61. The van der Waals surface area contributed by atoms with Crippen molar-refractivity contribution >= 4 is 29.0 Å². The van der Waals surface area contributed by atoms with E-state index in [1.807, 2.05) is 13.0 Å². The number of carbonyl (C=O) groups excluding carboxylic acids is 1. The van der Waals surface area contributed by atoms with E-state index in [-0.39, 0.29) is 6.03 Å². The van der Waals surface area contributed by atoms with Gasteiger partial charge in [0.2, 0.25) is 5.88 Å².